The average Bonchev–Trinajstić information content (AvgIpc) is 2.42. The first kappa shape index (κ1) is 14.3. The van der Waals surface area contributed by atoms with Crippen LogP contribution in [-0.4, -0.2) is 10.3 Å². The van der Waals surface area contributed by atoms with Crippen molar-refractivity contribution in [3.05, 3.63) is 44.3 Å². The lowest BCUT2D eigenvalue weighted by Gasteiger charge is -2.05. The second-order valence-electron chi connectivity index (χ2n) is 4.46. The average molecular weight is 295 g/mol. The zero-order chi connectivity index (χ0) is 13.7. The molecular formula is C14H17NO2S2. The molecule has 0 saturated carbocycles. The van der Waals surface area contributed by atoms with E-state index in [-0.39, 0.29) is 10.4 Å². The Balaban J connectivity index is 2.19. The second kappa shape index (κ2) is 6.91. The monoisotopic (exact) mass is 295 g/mol. The summed E-state index contributed by atoms with van der Waals surface area (Å²) in [6.07, 6.45) is 4.09. The van der Waals surface area contributed by atoms with Gasteiger partial charge in [-0.15, -0.1) is 0 Å². The molecule has 1 aromatic heterocycles. The molecule has 102 valence electrons. The summed E-state index contributed by atoms with van der Waals surface area (Å²) >= 11 is 5.31. The molecule has 1 heterocycles. The fraction of sp³-hybridized carbons (Fsp3) is 0.429. The molecule has 0 fully saturated rings. The molecule has 0 atom stereocenters. The van der Waals surface area contributed by atoms with Crippen LogP contribution in [0.3, 0.4) is 0 Å². The molecule has 0 unspecified atom stereocenters. The Morgan fingerprint density at radius 3 is 2.58 bits per heavy atom. The van der Waals surface area contributed by atoms with Crippen molar-refractivity contribution in [2.45, 2.75) is 32.2 Å². The van der Waals surface area contributed by atoms with Crippen LogP contribution >= 0.6 is 24.0 Å². The van der Waals surface area contributed by atoms with Crippen molar-refractivity contribution in [2.75, 3.05) is 5.75 Å². The molecule has 0 aliphatic rings. The van der Waals surface area contributed by atoms with E-state index in [1.54, 1.807) is 6.07 Å². The van der Waals surface area contributed by atoms with Gasteiger partial charge in [-0.05, 0) is 30.7 Å². The van der Waals surface area contributed by atoms with E-state index in [9.17, 15) is 9.59 Å². The molecule has 2 rings (SSSR count). The molecule has 0 spiro atoms. The van der Waals surface area contributed by atoms with Gasteiger partial charge in [0.25, 0.3) is 5.56 Å². The molecule has 0 radical (unpaired) electrons. The third-order valence-electron chi connectivity index (χ3n) is 3.07. The molecule has 19 heavy (non-hydrogen) atoms. The Hall–Kier alpha value is -1.07. The summed E-state index contributed by atoms with van der Waals surface area (Å²) in [6.45, 7) is 0.519. The van der Waals surface area contributed by atoms with Gasteiger partial charge in [0, 0.05) is 11.2 Å². The van der Waals surface area contributed by atoms with Crippen LogP contribution in [0.5, 0.6) is 0 Å². The summed E-state index contributed by atoms with van der Waals surface area (Å²) in [4.78, 5) is 24.0. The van der Waals surface area contributed by atoms with E-state index in [1.807, 2.05) is 18.2 Å². The number of aromatic nitrogens is 1. The molecule has 0 N–H and O–H groups in total. The van der Waals surface area contributed by atoms with Crippen LogP contribution in [0.2, 0.25) is 0 Å². The third kappa shape index (κ3) is 3.48. The molecule has 1 aromatic carbocycles. The molecule has 5 heteroatoms. The van der Waals surface area contributed by atoms with Gasteiger partial charge in [-0.1, -0.05) is 36.3 Å². The molecular weight excluding hydrogens is 278 g/mol. The third-order valence-corrected chi connectivity index (χ3v) is 4.36. The Bertz CT molecular complexity index is 660. The van der Waals surface area contributed by atoms with Crippen LogP contribution in [0, 0.1) is 0 Å². The molecule has 0 saturated heterocycles. The summed E-state index contributed by atoms with van der Waals surface area (Å²) in [5.41, 5.74) is -0.159. The van der Waals surface area contributed by atoms with Crippen LogP contribution < -0.4 is 10.4 Å². The summed E-state index contributed by atoms with van der Waals surface area (Å²) in [6, 6.07) is 7.28. The minimum Gasteiger partial charge on any atom is -0.269 e. The largest absolute Gasteiger partial charge is 0.310 e. The van der Waals surface area contributed by atoms with Gasteiger partial charge < -0.3 is 0 Å². The first-order chi connectivity index (χ1) is 9.24. The quantitative estimate of drug-likeness (QED) is 0.657. The van der Waals surface area contributed by atoms with Crippen LogP contribution in [0.15, 0.2) is 33.9 Å². The van der Waals surface area contributed by atoms with Crippen LogP contribution in [0.1, 0.15) is 25.7 Å². The number of benzene rings is 1. The highest BCUT2D eigenvalue weighted by Crippen LogP contribution is 2.11. The first-order valence-corrected chi connectivity index (χ1v) is 7.92. The Labute approximate surface area is 121 Å². The lowest BCUT2D eigenvalue weighted by molar-refractivity contribution is 0.568. The zero-order valence-corrected chi connectivity index (χ0v) is 12.4. The van der Waals surface area contributed by atoms with E-state index >= 15 is 0 Å². The van der Waals surface area contributed by atoms with Crippen molar-refractivity contribution in [3.63, 3.8) is 0 Å². The van der Waals surface area contributed by atoms with Gasteiger partial charge in [-0.2, -0.15) is 12.6 Å². The van der Waals surface area contributed by atoms with E-state index in [0.717, 1.165) is 47.5 Å². The van der Waals surface area contributed by atoms with Gasteiger partial charge in [-0.25, -0.2) is 0 Å². The maximum atomic E-state index is 12.2. The Kier molecular flexibility index (Phi) is 5.22. The zero-order valence-electron chi connectivity index (χ0n) is 10.7. The Morgan fingerprint density at radius 2 is 1.79 bits per heavy atom. The van der Waals surface area contributed by atoms with Gasteiger partial charge in [-0.3, -0.25) is 14.2 Å². The van der Waals surface area contributed by atoms with Crippen LogP contribution in [0.25, 0.3) is 10.1 Å². The lowest BCUT2D eigenvalue weighted by atomic mass is 10.2. The van der Waals surface area contributed by atoms with Crippen molar-refractivity contribution >= 4 is 34.1 Å². The van der Waals surface area contributed by atoms with Gasteiger partial charge in [0.1, 0.15) is 0 Å². The van der Waals surface area contributed by atoms with Gasteiger partial charge in [0.15, 0.2) is 0 Å². The van der Waals surface area contributed by atoms with E-state index in [0.29, 0.717) is 11.9 Å². The molecule has 0 bridgehead atoms. The summed E-state index contributed by atoms with van der Waals surface area (Å²) < 4.78 is 2.14. The van der Waals surface area contributed by atoms with Gasteiger partial charge in [0.05, 0.1) is 5.39 Å². The molecule has 3 nitrogen and oxygen atoms in total. The predicted octanol–water partition coefficient (Wildman–Crippen LogP) is 2.91. The van der Waals surface area contributed by atoms with Crippen molar-refractivity contribution in [1.82, 2.24) is 4.57 Å². The van der Waals surface area contributed by atoms with E-state index in [2.05, 4.69) is 12.6 Å². The lowest BCUT2D eigenvalue weighted by Crippen LogP contribution is -2.30. The standard InChI is InChI=1S/C14H17NO2S2/c16-13-11-7-3-4-8-12(11)19-14(17)15(13)9-5-1-2-6-10-18/h3-4,7-8,18H,1-2,5-6,9-10H2. The molecule has 0 aliphatic heterocycles. The fourth-order valence-electron chi connectivity index (χ4n) is 2.04. The van der Waals surface area contributed by atoms with Crippen molar-refractivity contribution in [3.8, 4) is 0 Å². The van der Waals surface area contributed by atoms with E-state index < -0.39 is 0 Å². The first-order valence-electron chi connectivity index (χ1n) is 6.47. The normalized spacial score (nSPS) is 11.0. The Morgan fingerprint density at radius 1 is 1.05 bits per heavy atom. The number of thiol groups is 1. The van der Waals surface area contributed by atoms with E-state index in [4.69, 9.17) is 0 Å². The molecule has 0 amide bonds. The summed E-state index contributed by atoms with van der Waals surface area (Å²) in [5, 5.41) is 0.641. The highest BCUT2D eigenvalue weighted by Gasteiger charge is 2.06. The maximum absolute atomic E-state index is 12.2. The minimum atomic E-state index is -0.159. The predicted molar refractivity (Wildman–Crippen MR) is 84.7 cm³/mol. The van der Waals surface area contributed by atoms with Gasteiger partial charge >= 0.3 is 4.87 Å². The molecule has 0 aliphatic carbocycles. The van der Waals surface area contributed by atoms with Crippen molar-refractivity contribution in [2.24, 2.45) is 0 Å². The van der Waals surface area contributed by atoms with Gasteiger partial charge in [0.2, 0.25) is 0 Å². The maximum Gasteiger partial charge on any atom is 0.310 e. The summed E-state index contributed by atoms with van der Waals surface area (Å²) in [5.74, 6) is 0.894. The summed E-state index contributed by atoms with van der Waals surface area (Å²) in [7, 11) is 0. The van der Waals surface area contributed by atoms with Crippen LogP contribution in [-0.2, 0) is 6.54 Å². The SMILES string of the molecule is O=c1sc2ccccc2c(=O)n1CCCCCCS. The number of nitrogens with zero attached hydrogens (tertiary/aromatic N) is 1. The van der Waals surface area contributed by atoms with Crippen molar-refractivity contribution in [1.29, 1.82) is 0 Å². The minimum absolute atomic E-state index is 0.155. The fourth-order valence-corrected chi connectivity index (χ4v) is 3.15. The number of hydrogen-bond acceptors (Lipinski definition) is 4. The molecule has 2 aromatic rings. The number of unbranched alkanes of at least 4 members (excludes halogenated alkanes) is 3. The topological polar surface area (TPSA) is 39.1 Å². The number of fused-ring (bicyclic) bond motifs is 1. The highest BCUT2D eigenvalue weighted by molar-refractivity contribution is 7.80. The smallest absolute Gasteiger partial charge is 0.269 e. The van der Waals surface area contributed by atoms with Crippen LogP contribution in [0.4, 0.5) is 0 Å². The highest BCUT2D eigenvalue weighted by atomic mass is 32.1. The van der Waals surface area contributed by atoms with Crippen molar-refractivity contribution < 1.29 is 0 Å². The number of hydrogen-bond donors (Lipinski definition) is 1. The number of rotatable bonds is 6. The second-order valence-corrected chi connectivity index (χ2v) is 5.90. The van der Waals surface area contributed by atoms with E-state index in [1.165, 1.54) is 4.57 Å².